The summed E-state index contributed by atoms with van der Waals surface area (Å²) in [5.41, 5.74) is 5.68. The van der Waals surface area contributed by atoms with Gasteiger partial charge in [0, 0.05) is 6.26 Å². The maximum atomic E-state index is 12.3. The zero-order valence-corrected chi connectivity index (χ0v) is 13.6. The Kier molecular flexibility index (Phi) is 5.61. The monoisotopic (exact) mass is 319 g/mol. The van der Waals surface area contributed by atoms with Gasteiger partial charge in [-0.15, -0.1) is 0 Å². The molecule has 1 unspecified atom stereocenters. The first-order valence-electron chi connectivity index (χ1n) is 7.09. The van der Waals surface area contributed by atoms with E-state index in [1.54, 1.807) is 0 Å². The summed E-state index contributed by atoms with van der Waals surface area (Å²) in [5.74, 6) is -0.652. The number of amidine groups is 1. The van der Waals surface area contributed by atoms with Crippen LogP contribution in [0.1, 0.15) is 46.0 Å². The number of carbonyl (C=O) groups excluding carboxylic acids is 1. The molecule has 21 heavy (non-hydrogen) atoms. The second-order valence-electron chi connectivity index (χ2n) is 6.16. The predicted molar refractivity (Wildman–Crippen MR) is 80.8 cm³/mol. The second-order valence-corrected chi connectivity index (χ2v) is 8.72. The number of nitrogens with one attached hydrogen (secondary N) is 1. The summed E-state index contributed by atoms with van der Waals surface area (Å²) in [7, 11) is -3.57. The first-order valence-corrected chi connectivity index (χ1v) is 8.98. The number of nitrogens with two attached hydrogens (primary N) is 1. The molecule has 1 aliphatic rings. The Morgan fingerprint density at radius 3 is 2.29 bits per heavy atom. The number of carbonyl (C=O) groups is 1. The second kappa shape index (κ2) is 6.64. The lowest BCUT2D eigenvalue weighted by molar-refractivity contribution is -0.123. The van der Waals surface area contributed by atoms with Crippen LogP contribution in [0.25, 0.3) is 0 Å². The first kappa shape index (κ1) is 17.7. The Hall–Kier alpha value is -1.31. The molecule has 1 fully saturated rings. The summed E-state index contributed by atoms with van der Waals surface area (Å²) < 4.78 is 21.9. The maximum absolute atomic E-state index is 12.3. The van der Waals surface area contributed by atoms with Gasteiger partial charge in [-0.05, 0) is 32.6 Å². The first-order chi connectivity index (χ1) is 9.61. The van der Waals surface area contributed by atoms with E-state index < -0.39 is 26.5 Å². The molecule has 0 saturated heterocycles. The minimum absolute atomic E-state index is 0.0639. The molecule has 4 N–H and O–H groups in total. The molecular formula is C13H25N3O4S. The highest BCUT2D eigenvalue weighted by atomic mass is 32.2. The van der Waals surface area contributed by atoms with Gasteiger partial charge in [-0.2, -0.15) is 0 Å². The number of hydrogen-bond donors (Lipinski definition) is 3. The zero-order valence-electron chi connectivity index (χ0n) is 12.8. The lowest BCUT2D eigenvalue weighted by Crippen LogP contribution is -2.56. The van der Waals surface area contributed by atoms with E-state index in [4.69, 9.17) is 10.9 Å². The van der Waals surface area contributed by atoms with Crippen molar-refractivity contribution in [2.45, 2.75) is 56.7 Å². The molecule has 1 rings (SSSR count). The smallest absolute Gasteiger partial charge is 0.241 e. The van der Waals surface area contributed by atoms with Gasteiger partial charge in [0.1, 0.15) is 4.75 Å². The average molecular weight is 319 g/mol. The van der Waals surface area contributed by atoms with Crippen molar-refractivity contribution < 1.29 is 18.4 Å². The van der Waals surface area contributed by atoms with Gasteiger partial charge in [0.25, 0.3) is 0 Å². The van der Waals surface area contributed by atoms with Crippen LogP contribution in [0.5, 0.6) is 0 Å². The molecule has 1 atom stereocenters. The fraction of sp³-hybridized carbons (Fsp3) is 0.846. The van der Waals surface area contributed by atoms with Gasteiger partial charge in [-0.1, -0.05) is 24.4 Å². The molecule has 122 valence electrons. The number of sulfone groups is 1. The normalized spacial score (nSPS) is 20.0. The van der Waals surface area contributed by atoms with E-state index in [2.05, 4.69) is 10.5 Å². The van der Waals surface area contributed by atoms with Gasteiger partial charge in [0.2, 0.25) is 5.91 Å². The highest BCUT2D eigenvalue weighted by Gasteiger charge is 2.41. The van der Waals surface area contributed by atoms with Crippen LogP contribution in [-0.2, 0) is 14.6 Å². The lowest BCUT2D eigenvalue weighted by atomic mass is 9.83. The van der Waals surface area contributed by atoms with Crippen molar-refractivity contribution in [1.29, 1.82) is 0 Å². The van der Waals surface area contributed by atoms with Crippen LogP contribution in [0, 0.1) is 5.92 Å². The van der Waals surface area contributed by atoms with Crippen molar-refractivity contribution in [2.24, 2.45) is 16.8 Å². The van der Waals surface area contributed by atoms with Crippen molar-refractivity contribution in [3.63, 3.8) is 0 Å². The Labute approximate surface area is 125 Å². The summed E-state index contributed by atoms with van der Waals surface area (Å²) in [6.45, 7) is 2.70. The SMILES string of the molecule is CC(C)(C(=O)NC(C(N)=NO)C1CCCCC1)S(C)(=O)=O. The van der Waals surface area contributed by atoms with Crippen molar-refractivity contribution >= 4 is 21.6 Å². The molecule has 0 aliphatic heterocycles. The van der Waals surface area contributed by atoms with E-state index in [-0.39, 0.29) is 11.8 Å². The maximum Gasteiger partial charge on any atom is 0.241 e. The van der Waals surface area contributed by atoms with Crippen molar-refractivity contribution in [3.8, 4) is 0 Å². The molecule has 8 heteroatoms. The third kappa shape index (κ3) is 4.09. The Morgan fingerprint density at radius 1 is 1.33 bits per heavy atom. The highest BCUT2D eigenvalue weighted by molar-refractivity contribution is 7.92. The largest absolute Gasteiger partial charge is 0.409 e. The molecule has 0 aromatic carbocycles. The molecule has 1 saturated carbocycles. The molecule has 0 aromatic rings. The van der Waals surface area contributed by atoms with Gasteiger partial charge in [-0.3, -0.25) is 4.79 Å². The Morgan fingerprint density at radius 2 is 1.86 bits per heavy atom. The third-order valence-electron chi connectivity index (χ3n) is 4.32. The van der Waals surface area contributed by atoms with Crippen LogP contribution in [0.15, 0.2) is 5.16 Å². The van der Waals surface area contributed by atoms with Crippen LogP contribution in [-0.4, -0.2) is 42.4 Å². The molecule has 1 amide bonds. The Bertz CT molecular complexity index is 508. The van der Waals surface area contributed by atoms with Crippen molar-refractivity contribution in [3.05, 3.63) is 0 Å². The molecule has 0 aromatic heterocycles. The topological polar surface area (TPSA) is 122 Å². The van der Waals surface area contributed by atoms with E-state index in [1.807, 2.05) is 0 Å². The number of oxime groups is 1. The fourth-order valence-electron chi connectivity index (χ4n) is 2.45. The van der Waals surface area contributed by atoms with E-state index in [0.717, 1.165) is 38.4 Å². The summed E-state index contributed by atoms with van der Waals surface area (Å²) in [6, 6.07) is -0.635. The number of amides is 1. The van der Waals surface area contributed by atoms with Gasteiger partial charge in [-0.25, -0.2) is 8.42 Å². The van der Waals surface area contributed by atoms with Crippen LogP contribution in [0.2, 0.25) is 0 Å². The zero-order chi connectivity index (χ0) is 16.3. The van der Waals surface area contributed by atoms with Crippen LogP contribution >= 0.6 is 0 Å². The summed E-state index contributed by atoms with van der Waals surface area (Å²) in [4.78, 5) is 12.3. The third-order valence-corrected chi connectivity index (χ3v) is 6.36. The van der Waals surface area contributed by atoms with E-state index >= 15 is 0 Å². The quantitative estimate of drug-likeness (QED) is 0.297. The van der Waals surface area contributed by atoms with Gasteiger partial charge >= 0.3 is 0 Å². The van der Waals surface area contributed by atoms with Gasteiger partial charge in [0.15, 0.2) is 15.7 Å². The van der Waals surface area contributed by atoms with Crippen LogP contribution in [0.3, 0.4) is 0 Å². The highest BCUT2D eigenvalue weighted by Crippen LogP contribution is 2.27. The van der Waals surface area contributed by atoms with E-state index in [0.29, 0.717) is 0 Å². The van der Waals surface area contributed by atoms with Gasteiger partial charge < -0.3 is 16.3 Å². The molecule has 0 radical (unpaired) electrons. The molecular weight excluding hydrogens is 294 g/mol. The van der Waals surface area contributed by atoms with Crippen molar-refractivity contribution in [1.82, 2.24) is 5.32 Å². The van der Waals surface area contributed by atoms with Crippen molar-refractivity contribution in [2.75, 3.05) is 6.26 Å². The molecule has 0 spiro atoms. The van der Waals surface area contributed by atoms with Crippen LogP contribution < -0.4 is 11.1 Å². The average Bonchev–Trinajstić information content (AvgIpc) is 2.43. The standard InChI is InChI=1S/C13H25N3O4S/c1-13(2,21(3,19)20)12(17)15-10(11(14)16-18)9-7-5-4-6-8-9/h9-10,18H,4-8H2,1-3H3,(H2,14,16)(H,15,17). The molecule has 0 bridgehead atoms. The van der Waals surface area contributed by atoms with Gasteiger partial charge in [0.05, 0.1) is 6.04 Å². The number of hydrogen-bond acceptors (Lipinski definition) is 5. The molecule has 7 nitrogen and oxygen atoms in total. The number of nitrogens with zero attached hydrogens (tertiary/aromatic N) is 1. The minimum atomic E-state index is -3.57. The predicted octanol–water partition coefficient (Wildman–Crippen LogP) is 0.621. The minimum Gasteiger partial charge on any atom is -0.409 e. The van der Waals surface area contributed by atoms with E-state index in [9.17, 15) is 13.2 Å². The molecule has 1 aliphatic carbocycles. The fourth-order valence-corrected chi connectivity index (χ4v) is 2.84. The van der Waals surface area contributed by atoms with Crippen LogP contribution in [0.4, 0.5) is 0 Å². The summed E-state index contributed by atoms with van der Waals surface area (Å²) in [6.07, 6.45) is 5.91. The Balaban J connectivity index is 2.94. The summed E-state index contributed by atoms with van der Waals surface area (Å²) in [5, 5.41) is 14.5. The molecule has 0 heterocycles. The van der Waals surface area contributed by atoms with E-state index in [1.165, 1.54) is 13.8 Å². The summed E-state index contributed by atoms with van der Waals surface area (Å²) >= 11 is 0. The number of rotatable bonds is 5. The lowest BCUT2D eigenvalue weighted by Gasteiger charge is -2.32.